The largest absolute Gasteiger partial charge is 0.370 e. The van der Waals surface area contributed by atoms with Crippen LogP contribution in [-0.2, 0) is 13.0 Å². The summed E-state index contributed by atoms with van der Waals surface area (Å²) in [4.78, 5) is 31.1. The molecule has 4 aromatic heterocycles. The number of anilines is 1. The second kappa shape index (κ2) is 7.96. The summed E-state index contributed by atoms with van der Waals surface area (Å²) in [5.41, 5.74) is 6.58. The first kappa shape index (κ1) is 19.4. The predicted octanol–water partition coefficient (Wildman–Crippen LogP) is 2.86. The van der Waals surface area contributed by atoms with Gasteiger partial charge in [-0.1, -0.05) is 13.0 Å². The molecule has 31 heavy (non-hydrogen) atoms. The standard InChI is InChI=1S/C23H25N7O/c1-3-16-11-18-19(28-23(16)31)10-15(12-26-18)13-29-7-4-17(5-8-29)20-14-30-9-6-25-21(24-2)22(30)27-20/h4,6,9-12,14H,3,5,7-8,13H2,1-2H3,(H,24,25)(H,28,31). The maximum atomic E-state index is 12.1. The van der Waals surface area contributed by atoms with Crippen LogP contribution in [0.4, 0.5) is 5.82 Å². The molecule has 8 heteroatoms. The van der Waals surface area contributed by atoms with E-state index in [1.54, 1.807) is 6.20 Å². The monoisotopic (exact) mass is 415 g/mol. The van der Waals surface area contributed by atoms with Gasteiger partial charge in [-0.2, -0.15) is 0 Å². The van der Waals surface area contributed by atoms with Gasteiger partial charge in [0.05, 0.1) is 16.7 Å². The Hall–Kier alpha value is -3.52. The fraction of sp³-hybridized carbons (Fsp3) is 0.304. The number of hydrogen-bond donors (Lipinski definition) is 2. The third-order valence-corrected chi connectivity index (χ3v) is 5.85. The quantitative estimate of drug-likeness (QED) is 0.521. The number of aromatic nitrogens is 5. The highest BCUT2D eigenvalue weighted by atomic mass is 16.1. The lowest BCUT2D eigenvalue weighted by atomic mass is 10.0. The van der Waals surface area contributed by atoms with Crippen molar-refractivity contribution in [2.45, 2.75) is 26.3 Å². The molecule has 0 atom stereocenters. The van der Waals surface area contributed by atoms with Crippen molar-refractivity contribution >= 4 is 28.1 Å². The Labute approximate surface area is 179 Å². The predicted molar refractivity (Wildman–Crippen MR) is 122 cm³/mol. The van der Waals surface area contributed by atoms with Gasteiger partial charge in [0.2, 0.25) is 0 Å². The van der Waals surface area contributed by atoms with Crippen LogP contribution in [0.2, 0.25) is 0 Å². The number of imidazole rings is 1. The molecule has 1 aliphatic rings. The van der Waals surface area contributed by atoms with Crippen molar-refractivity contribution < 1.29 is 0 Å². The molecule has 1 aliphatic heterocycles. The van der Waals surface area contributed by atoms with E-state index in [-0.39, 0.29) is 5.56 Å². The molecule has 0 radical (unpaired) electrons. The molecule has 0 aliphatic carbocycles. The van der Waals surface area contributed by atoms with Crippen LogP contribution in [-0.4, -0.2) is 49.4 Å². The maximum Gasteiger partial charge on any atom is 0.251 e. The van der Waals surface area contributed by atoms with Gasteiger partial charge >= 0.3 is 0 Å². The third kappa shape index (κ3) is 3.70. The van der Waals surface area contributed by atoms with Gasteiger partial charge in [-0.3, -0.25) is 14.7 Å². The van der Waals surface area contributed by atoms with Crippen molar-refractivity contribution in [1.82, 2.24) is 29.2 Å². The van der Waals surface area contributed by atoms with Crippen molar-refractivity contribution in [2.24, 2.45) is 0 Å². The van der Waals surface area contributed by atoms with Crippen LogP contribution < -0.4 is 10.9 Å². The molecular weight excluding hydrogens is 390 g/mol. The number of nitrogens with one attached hydrogen (secondary N) is 2. The Morgan fingerprint density at radius 1 is 1.26 bits per heavy atom. The second-order valence-corrected chi connectivity index (χ2v) is 7.85. The van der Waals surface area contributed by atoms with E-state index in [0.717, 1.165) is 65.4 Å². The molecule has 0 bridgehead atoms. The van der Waals surface area contributed by atoms with E-state index in [1.165, 1.54) is 5.57 Å². The van der Waals surface area contributed by atoms with Gasteiger partial charge in [0.15, 0.2) is 11.5 Å². The van der Waals surface area contributed by atoms with Gasteiger partial charge < -0.3 is 14.7 Å². The average molecular weight is 416 g/mol. The summed E-state index contributed by atoms with van der Waals surface area (Å²) >= 11 is 0. The number of nitrogens with zero attached hydrogens (tertiary/aromatic N) is 5. The summed E-state index contributed by atoms with van der Waals surface area (Å²) in [5.74, 6) is 0.777. The number of H-pyrrole nitrogens is 1. The normalized spacial score (nSPS) is 14.8. The Morgan fingerprint density at radius 3 is 2.94 bits per heavy atom. The lowest BCUT2D eigenvalue weighted by molar-refractivity contribution is 0.293. The lowest BCUT2D eigenvalue weighted by Gasteiger charge is -2.25. The molecule has 0 fully saturated rings. The van der Waals surface area contributed by atoms with E-state index in [1.807, 2.05) is 42.9 Å². The van der Waals surface area contributed by atoms with Crippen LogP contribution in [0.25, 0.3) is 22.3 Å². The molecule has 8 nitrogen and oxygen atoms in total. The molecule has 4 aromatic rings. The SMILES string of the molecule is CCc1cc2ncc(CN3CC=C(c4cn5ccnc(NC)c5n4)CC3)cc2[nH]c1=O. The average Bonchev–Trinajstić information content (AvgIpc) is 3.23. The molecule has 0 unspecified atom stereocenters. The minimum absolute atomic E-state index is 0.0245. The number of aromatic amines is 1. The van der Waals surface area contributed by atoms with Crippen LogP contribution >= 0.6 is 0 Å². The molecular formula is C23H25N7O. The minimum Gasteiger partial charge on any atom is -0.370 e. The van der Waals surface area contributed by atoms with Crippen LogP contribution in [0.1, 0.15) is 30.2 Å². The lowest BCUT2D eigenvalue weighted by Crippen LogP contribution is -2.28. The van der Waals surface area contributed by atoms with Gasteiger partial charge in [0, 0.05) is 57.0 Å². The second-order valence-electron chi connectivity index (χ2n) is 7.85. The summed E-state index contributed by atoms with van der Waals surface area (Å²) in [6.45, 7) is 4.57. The Kier molecular flexibility index (Phi) is 4.99. The van der Waals surface area contributed by atoms with E-state index in [2.05, 4.69) is 37.4 Å². The number of pyridine rings is 2. The van der Waals surface area contributed by atoms with E-state index < -0.39 is 0 Å². The zero-order chi connectivity index (χ0) is 21.4. The highest BCUT2D eigenvalue weighted by Crippen LogP contribution is 2.24. The number of aryl methyl sites for hydroxylation is 1. The highest BCUT2D eigenvalue weighted by molar-refractivity contribution is 5.75. The van der Waals surface area contributed by atoms with Gasteiger partial charge in [-0.05, 0) is 36.1 Å². The molecule has 0 amide bonds. The smallest absolute Gasteiger partial charge is 0.251 e. The summed E-state index contributed by atoms with van der Waals surface area (Å²) in [6, 6.07) is 3.93. The molecule has 5 rings (SSSR count). The molecule has 5 heterocycles. The van der Waals surface area contributed by atoms with Crippen LogP contribution in [0.15, 0.2) is 47.8 Å². The Morgan fingerprint density at radius 2 is 2.16 bits per heavy atom. The number of hydrogen-bond acceptors (Lipinski definition) is 6. The van der Waals surface area contributed by atoms with Crippen LogP contribution in [0, 0.1) is 0 Å². The Balaban J connectivity index is 1.33. The van der Waals surface area contributed by atoms with Crippen molar-refractivity contribution in [3.05, 3.63) is 70.2 Å². The summed E-state index contributed by atoms with van der Waals surface area (Å²) in [7, 11) is 1.86. The number of rotatable bonds is 5. The van der Waals surface area contributed by atoms with Crippen molar-refractivity contribution in [3.63, 3.8) is 0 Å². The van der Waals surface area contributed by atoms with Gasteiger partial charge in [-0.15, -0.1) is 0 Å². The van der Waals surface area contributed by atoms with Crippen LogP contribution in [0.5, 0.6) is 0 Å². The van der Waals surface area contributed by atoms with Gasteiger partial charge in [-0.25, -0.2) is 9.97 Å². The first-order valence-electron chi connectivity index (χ1n) is 10.6. The van der Waals surface area contributed by atoms with Gasteiger partial charge in [0.1, 0.15) is 0 Å². The fourth-order valence-corrected chi connectivity index (χ4v) is 4.11. The summed E-state index contributed by atoms with van der Waals surface area (Å²) in [5, 5.41) is 3.09. The first-order valence-corrected chi connectivity index (χ1v) is 10.6. The minimum atomic E-state index is -0.0245. The summed E-state index contributed by atoms with van der Waals surface area (Å²) in [6.07, 6.45) is 11.6. The topological polar surface area (TPSA) is 91.2 Å². The number of fused-ring (bicyclic) bond motifs is 2. The Bertz CT molecular complexity index is 1350. The highest BCUT2D eigenvalue weighted by Gasteiger charge is 2.17. The van der Waals surface area contributed by atoms with Crippen molar-refractivity contribution in [2.75, 3.05) is 25.5 Å². The van der Waals surface area contributed by atoms with E-state index in [4.69, 9.17) is 4.98 Å². The van der Waals surface area contributed by atoms with E-state index in [9.17, 15) is 4.79 Å². The molecule has 158 valence electrons. The van der Waals surface area contributed by atoms with E-state index in [0.29, 0.717) is 6.42 Å². The van der Waals surface area contributed by atoms with Crippen molar-refractivity contribution in [3.8, 4) is 0 Å². The zero-order valence-corrected chi connectivity index (χ0v) is 17.7. The zero-order valence-electron chi connectivity index (χ0n) is 17.7. The fourth-order valence-electron chi connectivity index (χ4n) is 4.11. The molecule has 0 saturated carbocycles. The first-order chi connectivity index (χ1) is 15.1. The molecule has 0 saturated heterocycles. The maximum absolute atomic E-state index is 12.1. The van der Waals surface area contributed by atoms with Gasteiger partial charge in [0.25, 0.3) is 5.56 Å². The van der Waals surface area contributed by atoms with Crippen molar-refractivity contribution in [1.29, 1.82) is 0 Å². The third-order valence-electron chi connectivity index (χ3n) is 5.85. The van der Waals surface area contributed by atoms with E-state index >= 15 is 0 Å². The molecule has 2 N–H and O–H groups in total. The van der Waals surface area contributed by atoms with Crippen LogP contribution in [0.3, 0.4) is 0 Å². The molecule has 0 spiro atoms. The summed E-state index contributed by atoms with van der Waals surface area (Å²) < 4.78 is 2.01. The molecule has 0 aromatic carbocycles.